The van der Waals surface area contributed by atoms with E-state index >= 15 is 0 Å². The second-order valence-electron chi connectivity index (χ2n) is 4.22. The molecule has 1 saturated heterocycles. The molecule has 19 heavy (non-hydrogen) atoms. The van der Waals surface area contributed by atoms with Crippen molar-refractivity contribution in [2.75, 3.05) is 38.8 Å². The average molecular weight is 266 g/mol. The van der Waals surface area contributed by atoms with Crippen LogP contribution >= 0.6 is 0 Å². The lowest BCUT2D eigenvalue weighted by molar-refractivity contribution is -0.124. The first kappa shape index (κ1) is 13.5. The van der Waals surface area contributed by atoms with Gasteiger partial charge >= 0.3 is 0 Å². The third kappa shape index (κ3) is 2.58. The van der Waals surface area contributed by atoms with E-state index in [0.29, 0.717) is 24.6 Å². The first-order chi connectivity index (χ1) is 9.21. The van der Waals surface area contributed by atoms with Crippen LogP contribution in [0.1, 0.15) is 0 Å². The van der Waals surface area contributed by atoms with Crippen molar-refractivity contribution in [2.45, 2.75) is 6.04 Å². The third-order valence-corrected chi connectivity index (χ3v) is 3.20. The van der Waals surface area contributed by atoms with Crippen LogP contribution in [0.25, 0.3) is 0 Å². The third-order valence-electron chi connectivity index (χ3n) is 3.20. The molecule has 0 saturated carbocycles. The minimum atomic E-state index is -0.587. The molecule has 1 aromatic rings. The number of nitrogens with zero attached hydrogens (tertiary/aromatic N) is 1. The summed E-state index contributed by atoms with van der Waals surface area (Å²) in [5, 5.41) is 12.1. The Morgan fingerprint density at radius 2 is 2.21 bits per heavy atom. The summed E-state index contributed by atoms with van der Waals surface area (Å²) < 4.78 is 10.5. The van der Waals surface area contributed by atoms with E-state index in [2.05, 4.69) is 5.32 Å². The van der Waals surface area contributed by atoms with Crippen molar-refractivity contribution in [1.82, 2.24) is 5.32 Å². The number of carbonyl (C=O) groups excluding carboxylic acids is 1. The van der Waals surface area contributed by atoms with Crippen molar-refractivity contribution in [2.24, 2.45) is 0 Å². The highest BCUT2D eigenvalue weighted by atomic mass is 16.5. The van der Waals surface area contributed by atoms with Crippen LogP contribution in [0.3, 0.4) is 0 Å². The fraction of sp³-hybridized carbons (Fsp3) is 0.462. The van der Waals surface area contributed by atoms with Gasteiger partial charge in [-0.15, -0.1) is 0 Å². The van der Waals surface area contributed by atoms with Gasteiger partial charge in [-0.2, -0.15) is 0 Å². The number of ether oxygens (including phenoxy) is 2. The molecule has 6 nitrogen and oxygen atoms in total. The predicted octanol–water partition coefficient (Wildman–Crippen LogP) is 0.000900. The first-order valence-corrected chi connectivity index (χ1v) is 6.08. The van der Waals surface area contributed by atoms with Crippen molar-refractivity contribution >= 4 is 11.6 Å². The van der Waals surface area contributed by atoms with Crippen molar-refractivity contribution in [1.29, 1.82) is 0 Å². The first-order valence-electron chi connectivity index (χ1n) is 6.08. The summed E-state index contributed by atoms with van der Waals surface area (Å²) in [6, 6.07) is 4.81. The highest BCUT2D eigenvalue weighted by Gasteiger charge is 2.30. The smallest absolute Gasteiger partial charge is 0.245 e. The molecule has 1 aliphatic rings. The molecule has 1 aliphatic heterocycles. The lowest BCUT2D eigenvalue weighted by atomic mass is 10.1. The van der Waals surface area contributed by atoms with Crippen molar-refractivity contribution < 1.29 is 19.4 Å². The summed E-state index contributed by atoms with van der Waals surface area (Å²) in [7, 11) is 3.15. The van der Waals surface area contributed by atoms with Gasteiger partial charge in [0.05, 0.1) is 26.5 Å². The number of hydrogen-bond acceptors (Lipinski definition) is 5. The highest BCUT2D eigenvalue weighted by Crippen LogP contribution is 2.33. The Morgan fingerprint density at radius 3 is 2.84 bits per heavy atom. The van der Waals surface area contributed by atoms with Gasteiger partial charge in [-0.25, -0.2) is 0 Å². The minimum absolute atomic E-state index is 0.174. The summed E-state index contributed by atoms with van der Waals surface area (Å²) in [4.78, 5) is 13.6. The Balaban J connectivity index is 2.36. The van der Waals surface area contributed by atoms with E-state index in [4.69, 9.17) is 9.47 Å². The van der Waals surface area contributed by atoms with Crippen LogP contribution in [0.5, 0.6) is 11.5 Å². The Bertz CT molecular complexity index is 464. The van der Waals surface area contributed by atoms with Gasteiger partial charge in [-0.05, 0) is 12.1 Å². The molecule has 1 heterocycles. The molecule has 1 aromatic carbocycles. The van der Waals surface area contributed by atoms with E-state index in [1.807, 2.05) is 11.0 Å². The van der Waals surface area contributed by atoms with Gasteiger partial charge in [0.25, 0.3) is 0 Å². The molecule has 0 spiro atoms. The topological polar surface area (TPSA) is 71.0 Å². The number of aliphatic hydroxyl groups excluding tert-OH is 1. The maximum Gasteiger partial charge on any atom is 0.245 e. The van der Waals surface area contributed by atoms with Gasteiger partial charge in [0.2, 0.25) is 5.91 Å². The molecular weight excluding hydrogens is 248 g/mol. The fourth-order valence-electron chi connectivity index (χ4n) is 2.21. The number of piperazine rings is 1. The molecule has 0 bridgehead atoms. The normalized spacial score (nSPS) is 19.0. The molecule has 0 aromatic heterocycles. The quantitative estimate of drug-likeness (QED) is 0.803. The Hall–Kier alpha value is -1.95. The summed E-state index contributed by atoms with van der Waals surface area (Å²) in [6.45, 7) is 0.936. The van der Waals surface area contributed by atoms with E-state index in [1.165, 1.54) is 0 Å². The standard InChI is InChI=1S/C13H18N2O4/c1-18-9-3-4-10(12(7-9)19-2)15-6-5-14-13(17)11(15)8-16/h3-4,7,11,16H,5-6,8H2,1-2H3,(H,14,17). The summed E-state index contributed by atoms with van der Waals surface area (Å²) in [5.41, 5.74) is 0.775. The Labute approximate surface area is 111 Å². The van der Waals surface area contributed by atoms with E-state index in [0.717, 1.165) is 5.69 Å². The lowest BCUT2D eigenvalue weighted by Gasteiger charge is -2.36. The van der Waals surface area contributed by atoms with Crippen LogP contribution < -0.4 is 19.7 Å². The molecule has 2 N–H and O–H groups in total. The highest BCUT2D eigenvalue weighted by molar-refractivity contribution is 5.87. The molecule has 1 fully saturated rings. The predicted molar refractivity (Wildman–Crippen MR) is 70.8 cm³/mol. The van der Waals surface area contributed by atoms with Crippen molar-refractivity contribution in [3.8, 4) is 11.5 Å². The molecule has 6 heteroatoms. The molecule has 0 radical (unpaired) electrons. The van der Waals surface area contributed by atoms with E-state index < -0.39 is 6.04 Å². The summed E-state index contributed by atoms with van der Waals surface area (Å²) in [5.74, 6) is 1.13. The van der Waals surface area contributed by atoms with E-state index in [1.54, 1.807) is 26.4 Å². The van der Waals surface area contributed by atoms with Gasteiger partial charge in [0.15, 0.2) is 0 Å². The monoisotopic (exact) mass is 266 g/mol. The second-order valence-corrected chi connectivity index (χ2v) is 4.22. The van der Waals surface area contributed by atoms with E-state index in [-0.39, 0.29) is 12.5 Å². The van der Waals surface area contributed by atoms with Gasteiger partial charge < -0.3 is 24.8 Å². The number of nitrogens with one attached hydrogen (secondary N) is 1. The lowest BCUT2D eigenvalue weighted by Crippen LogP contribution is -2.57. The van der Waals surface area contributed by atoms with Crippen LogP contribution in [0, 0.1) is 0 Å². The zero-order valence-electron chi connectivity index (χ0n) is 11.0. The van der Waals surface area contributed by atoms with Crippen molar-refractivity contribution in [3.05, 3.63) is 18.2 Å². The van der Waals surface area contributed by atoms with Crippen LogP contribution in [-0.2, 0) is 4.79 Å². The van der Waals surface area contributed by atoms with Gasteiger partial charge in [-0.3, -0.25) is 4.79 Å². The Morgan fingerprint density at radius 1 is 1.42 bits per heavy atom. The number of aliphatic hydroxyl groups is 1. The summed E-state index contributed by atoms with van der Waals surface area (Å²) in [6.07, 6.45) is 0. The molecule has 1 unspecified atom stereocenters. The fourth-order valence-corrected chi connectivity index (χ4v) is 2.21. The maximum absolute atomic E-state index is 11.8. The summed E-state index contributed by atoms with van der Waals surface area (Å²) >= 11 is 0. The van der Waals surface area contributed by atoms with Crippen LogP contribution in [-0.4, -0.2) is 51.0 Å². The number of anilines is 1. The number of benzene rings is 1. The maximum atomic E-state index is 11.8. The number of amides is 1. The van der Waals surface area contributed by atoms with Gasteiger partial charge in [0, 0.05) is 19.2 Å². The average Bonchev–Trinajstić information content (AvgIpc) is 2.46. The van der Waals surface area contributed by atoms with Gasteiger partial charge in [-0.1, -0.05) is 0 Å². The van der Waals surface area contributed by atoms with Gasteiger partial charge in [0.1, 0.15) is 17.5 Å². The molecule has 104 valence electrons. The van der Waals surface area contributed by atoms with E-state index in [9.17, 15) is 9.90 Å². The molecule has 0 aliphatic carbocycles. The number of hydrogen-bond donors (Lipinski definition) is 2. The largest absolute Gasteiger partial charge is 0.497 e. The van der Waals surface area contributed by atoms with Crippen LogP contribution in [0.4, 0.5) is 5.69 Å². The second kappa shape index (κ2) is 5.79. The minimum Gasteiger partial charge on any atom is -0.497 e. The zero-order chi connectivity index (χ0) is 13.8. The number of rotatable bonds is 4. The van der Waals surface area contributed by atoms with Crippen LogP contribution in [0.2, 0.25) is 0 Å². The SMILES string of the molecule is COc1ccc(N2CCNC(=O)C2CO)c(OC)c1. The molecule has 1 amide bonds. The van der Waals surface area contributed by atoms with Crippen molar-refractivity contribution in [3.63, 3.8) is 0 Å². The van der Waals surface area contributed by atoms with Crippen LogP contribution in [0.15, 0.2) is 18.2 Å². The number of methoxy groups -OCH3 is 2. The molecule has 1 atom stereocenters. The number of carbonyl (C=O) groups is 1. The molecular formula is C13H18N2O4. The molecule has 2 rings (SSSR count). The zero-order valence-corrected chi connectivity index (χ0v) is 11.0. The Kier molecular flexibility index (Phi) is 4.11.